The molecule has 0 heterocycles. The van der Waals surface area contributed by atoms with Gasteiger partial charge in [0.05, 0.1) is 6.10 Å². The van der Waals surface area contributed by atoms with E-state index in [1.165, 1.54) is 0 Å². The van der Waals surface area contributed by atoms with Gasteiger partial charge in [-0.15, -0.1) is 0 Å². The molecule has 0 aliphatic heterocycles. The molecule has 0 radical (unpaired) electrons. The summed E-state index contributed by atoms with van der Waals surface area (Å²) in [6.45, 7) is 3.89. The molecule has 0 saturated heterocycles. The van der Waals surface area contributed by atoms with Crippen LogP contribution in [0.1, 0.15) is 13.8 Å². The molecular weight excluding hydrogens is 293 g/mol. The van der Waals surface area contributed by atoms with Crippen molar-refractivity contribution in [3.8, 4) is 0 Å². The Kier molecular flexibility index (Phi) is 5.81. The van der Waals surface area contributed by atoms with Gasteiger partial charge in [0, 0.05) is 32.4 Å². The van der Waals surface area contributed by atoms with Crippen LogP contribution in [0, 0.1) is 0 Å². The lowest BCUT2D eigenvalue weighted by atomic mass is 10.5. The van der Waals surface area contributed by atoms with Crippen molar-refractivity contribution in [3.63, 3.8) is 0 Å². The van der Waals surface area contributed by atoms with E-state index >= 15 is 0 Å². The summed E-state index contributed by atoms with van der Waals surface area (Å²) < 4.78 is 10.2. The number of rotatable bonds is 5. The summed E-state index contributed by atoms with van der Waals surface area (Å²) in [7, 11) is -1.41. The SMILES string of the molecule is CC(C)OCS(C)(I)ON=[N+]=[N-]. The molecule has 5 nitrogen and oxygen atoms in total. The standard InChI is InChI=1S/C5H12IN3O2S/c1-5(2)10-4-12(3,6)11-9-8-7/h5H,4H2,1-3H3. The van der Waals surface area contributed by atoms with Crippen molar-refractivity contribution in [2.75, 3.05) is 12.2 Å². The topological polar surface area (TPSA) is 67.2 Å². The highest BCUT2D eigenvalue weighted by atomic mass is 127. The minimum atomic E-state index is -1.41. The molecule has 0 spiro atoms. The minimum absolute atomic E-state index is 0.168. The Morgan fingerprint density at radius 2 is 2.25 bits per heavy atom. The lowest BCUT2D eigenvalue weighted by Gasteiger charge is -2.25. The van der Waals surface area contributed by atoms with Gasteiger partial charge in [-0.1, -0.05) is 0 Å². The lowest BCUT2D eigenvalue weighted by molar-refractivity contribution is 0.114. The van der Waals surface area contributed by atoms with E-state index in [2.05, 4.69) is 31.4 Å². The number of halogens is 1. The van der Waals surface area contributed by atoms with E-state index < -0.39 is 7.48 Å². The van der Waals surface area contributed by atoms with Crippen molar-refractivity contribution in [1.82, 2.24) is 0 Å². The maximum Gasteiger partial charge on any atom is 0.123 e. The third kappa shape index (κ3) is 6.84. The first-order valence-electron chi connectivity index (χ1n) is 3.28. The van der Waals surface area contributed by atoms with Gasteiger partial charge < -0.3 is 9.02 Å². The van der Waals surface area contributed by atoms with E-state index in [1.54, 1.807) is 0 Å². The molecule has 1 unspecified atom stereocenters. The number of nitrogens with zero attached hydrogens (tertiary/aromatic N) is 3. The molecule has 0 saturated carbocycles. The van der Waals surface area contributed by atoms with Gasteiger partial charge in [0.15, 0.2) is 0 Å². The van der Waals surface area contributed by atoms with Gasteiger partial charge in [-0.05, 0) is 26.9 Å². The van der Waals surface area contributed by atoms with Gasteiger partial charge >= 0.3 is 0 Å². The Hall–Kier alpha value is 0.150. The molecule has 0 bridgehead atoms. The number of ether oxygens (including phenoxy) is 1. The highest BCUT2D eigenvalue weighted by molar-refractivity contribution is 14.2. The molecule has 0 fully saturated rings. The van der Waals surface area contributed by atoms with Crippen molar-refractivity contribution in [3.05, 3.63) is 10.4 Å². The Morgan fingerprint density at radius 1 is 1.67 bits per heavy atom. The van der Waals surface area contributed by atoms with Crippen LogP contribution in [0.5, 0.6) is 0 Å². The molecule has 1 atom stereocenters. The molecule has 0 aliphatic rings. The fraction of sp³-hybridized carbons (Fsp3) is 1.00. The monoisotopic (exact) mass is 305 g/mol. The van der Waals surface area contributed by atoms with Gasteiger partial charge in [0.1, 0.15) is 11.2 Å². The maximum atomic E-state index is 8.01. The van der Waals surface area contributed by atoms with Gasteiger partial charge in [-0.2, -0.15) is 0 Å². The Morgan fingerprint density at radius 3 is 2.67 bits per heavy atom. The summed E-state index contributed by atoms with van der Waals surface area (Å²) in [4.78, 5) is 2.51. The third-order valence-corrected chi connectivity index (χ3v) is 3.02. The van der Waals surface area contributed by atoms with Crippen molar-refractivity contribution in [1.29, 1.82) is 0 Å². The van der Waals surface area contributed by atoms with Crippen LogP contribution < -0.4 is 0 Å². The van der Waals surface area contributed by atoms with Crippen LogP contribution in [0.25, 0.3) is 10.4 Å². The van der Waals surface area contributed by atoms with Crippen molar-refractivity contribution in [2.24, 2.45) is 5.28 Å². The van der Waals surface area contributed by atoms with Crippen molar-refractivity contribution < 1.29 is 9.02 Å². The van der Waals surface area contributed by atoms with Crippen LogP contribution >= 0.6 is 28.7 Å². The second-order valence-electron chi connectivity index (χ2n) is 2.48. The quantitative estimate of drug-likeness (QED) is 0.257. The zero-order valence-corrected chi connectivity index (χ0v) is 10.2. The van der Waals surface area contributed by atoms with Crippen LogP contribution in [-0.2, 0) is 9.02 Å². The first kappa shape index (κ1) is 12.2. The molecular formula is C5H12IN3O2S. The van der Waals surface area contributed by atoms with Crippen LogP contribution in [-0.4, -0.2) is 18.3 Å². The Balaban J connectivity index is 3.78. The smallest absolute Gasteiger partial charge is 0.123 e. The highest BCUT2D eigenvalue weighted by Gasteiger charge is 2.15. The second kappa shape index (κ2) is 5.74. The zero-order valence-electron chi connectivity index (χ0n) is 7.23. The van der Waals surface area contributed by atoms with E-state index in [9.17, 15) is 0 Å². The predicted molar refractivity (Wildman–Crippen MR) is 58.9 cm³/mol. The Labute approximate surface area is 85.5 Å². The first-order chi connectivity index (χ1) is 5.48. The molecule has 0 amide bonds. The van der Waals surface area contributed by atoms with Crippen LogP contribution in [0.4, 0.5) is 0 Å². The fourth-order valence-corrected chi connectivity index (χ4v) is 1.75. The maximum absolute atomic E-state index is 8.01. The average molecular weight is 305 g/mol. The normalized spacial score (nSPS) is 17.8. The largest absolute Gasteiger partial charge is 0.371 e. The molecule has 12 heavy (non-hydrogen) atoms. The Bertz CT molecular complexity index is 182. The van der Waals surface area contributed by atoms with Gasteiger partial charge in [0.2, 0.25) is 0 Å². The van der Waals surface area contributed by atoms with Gasteiger partial charge in [0.25, 0.3) is 0 Å². The summed E-state index contributed by atoms with van der Waals surface area (Å²) in [5, 5.41) is 3.05. The lowest BCUT2D eigenvalue weighted by Crippen LogP contribution is -2.07. The molecule has 0 aliphatic carbocycles. The summed E-state index contributed by atoms with van der Waals surface area (Å²) >= 11 is 2.10. The third-order valence-electron chi connectivity index (χ3n) is 0.837. The van der Waals surface area contributed by atoms with Gasteiger partial charge in [-0.3, -0.25) is 0 Å². The number of hydrogen-bond acceptors (Lipinski definition) is 3. The molecule has 72 valence electrons. The van der Waals surface area contributed by atoms with Crippen LogP contribution in [0.2, 0.25) is 0 Å². The molecule has 0 rings (SSSR count). The van der Waals surface area contributed by atoms with E-state index in [4.69, 9.17) is 14.6 Å². The van der Waals surface area contributed by atoms with Crippen LogP contribution in [0.3, 0.4) is 0 Å². The van der Waals surface area contributed by atoms with Crippen LogP contribution in [0.15, 0.2) is 5.28 Å². The number of hydrogen-bond donors (Lipinski definition) is 0. The van der Waals surface area contributed by atoms with Crippen molar-refractivity contribution in [2.45, 2.75) is 20.0 Å². The molecule has 0 aromatic heterocycles. The van der Waals surface area contributed by atoms with E-state index in [0.717, 1.165) is 0 Å². The molecule has 0 N–H and O–H groups in total. The van der Waals surface area contributed by atoms with Gasteiger partial charge in [-0.25, -0.2) is 0 Å². The number of azide groups is 1. The molecule has 0 aromatic carbocycles. The predicted octanol–water partition coefficient (Wildman–Crippen LogP) is 3.31. The highest BCUT2D eigenvalue weighted by Crippen LogP contribution is 2.54. The summed E-state index contributed by atoms with van der Waals surface area (Å²) in [6.07, 6.45) is 2.03. The fourth-order valence-electron chi connectivity index (χ4n) is 0.364. The second-order valence-corrected chi connectivity index (χ2v) is 10.3. The first-order valence-corrected chi connectivity index (χ1v) is 7.96. The summed E-state index contributed by atoms with van der Waals surface area (Å²) in [6, 6.07) is 0. The van der Waals surface area contributed by atoms with Crippen molar-refractivity contribution >= 4 is 28.7 Å². The summed E-state index contributed by atoms with van der Waals surface area (Å²) in [5.74, 6) is 0.476. The summed E-state index contributed by atoms with van der Waals surface area (Å²) in [5.41, 5.74) is 8.01. The zero-order chi connectivity index (χ0) is 9.61. The molecule has 7 heteroatoms. The van der Waals surface area contributed by atoms with E-state index in [0.29, 0.717) is 5.94 Å². The molecule has 0 aromatic rings. The average Bonchev–Trinajstić information content (AvgIpc) is 1.98. The van der Waals surface area contributed by atoms with E-state index in [-0.39, 0.29) is 6.10 Å². The minimum Gasteiger partial charge on any atom is -0.371 e. The van der Waals surface area contributed by atoms with E-state index in [1.807, 2.05) is 20.1 Å².